The van der Waals surface area contributed by atoms with Crippen molar-refractivity contribution >= 4 is 0 Å². The molecule has 0 saturated carbocycles. The van der Waals surface area contributed by atoms with Gasteiger partial charge < -0.3 is 5.11 Å². The molecule has 1 nitrogen and oxygen atoms in total. The molecule has 0 saturated heterocycles. The fraction of sp³-hybridized carbons (Fsp3) is 0.571. The van der Waals surface area contributed by atoms with Gasteiger partial charge in [-0.3, -0.25) is 0 Å². The maximum Gasteiger partial charge on any atom is 0.0752 e. The highest BCUT2D eigenvalue weighted by Crippen LogP contribution is 2.35. The SMILES string of the molecule is C=C/C=C/CC1=CC(O)C(C)C(C)C1C. The van der Waals surface area contributed by atoms with Crippen LogP contribution in [0.5, 0.6) is 0 Å². The molecule has 15 heavy (non-hydrogen) atoms. The van der Waals surface area contributed by atoms with Crippen LogP contribution in [-0.2, 0) is 0 Å². The molecular formula is C14H22O. The summed E-state index contributed by atoms with van der Waals surface area (Å²) in [7, 11) is 0. The minimum Gasteiger partial charge on any atom is -0.389 e. The molecule has 0 fully saturated rings. The predicted molar refractivity (Wildman–Crippen MR) is 65.5 cm³/mol. The minimum absolute atomic E-state index is 0.275. The van der Waals surface area contributed by atoms with Crippen molar-refractivity contribution in [2.75, 3.05) is 0 Å². The molecule has 4 atom stereocenters. The average molecular weight is 206 g/mol. The van der Waals surface area contributed by atoms with Crippen LogP contribution in [0.1, 0.15) is 27.2 Å². The predicted octanol–water partition coefficient (Wildman–Crippen LogP) is 3.33. The number of aliphatic hydroxyl groups is 1. The van der Waals surface area contributed by atoms with Crippen molar-refractivity contribution in [1.29, 1.82) is 0 Å². The Hall–Kier alpha value is -0.820. The van der Waals surface area contributed by atoms with E-state index in [2.05, 4.69) is 33.4 Å². The molecule has 0 radical (unpaired) electrons. The van der Waals surface area contributed by atoms with Crippen LogP contribution >= 0.6 is 0 Å². The summed E-state index contributed by atoms with van der Waals surface area (Å²) >= 11 is 0. The van der Waals surface area contributed by atoms with E-state index in [4.69, 9.17) is 0 Å². The molecule has 0 aromatic carbocycles. The summed E-state index contributed by atoms with van der Waals surface area (Å²) in [5.74, 6) is 1.49. The molecule has 1 N–H and O–H groups in total. The van der Waals surface area contributed by atoms with Gasteiger partial charge in [0.25, 0.3) is 0 Å². The topological polar surface area (TPSA) is 20.2 Å². The van der Waals surface area contributed by atoms with Crippen molar-refractivity contribution in [2.45, 2.75) is 33.3 Å². The van der Waals surface area contributed by atoms with Crippen LogP contribution in [0.4, 0.5) is 0 Å². The second kappa shape index (κ2) is 5.32. The maximum atomic E-state index is 9.87. The van der Waals surface area contributed by atoms with Crippen LogP contribution in [0.25, 0.3) is 0 Å². The van der Waals surface area contributed by atoms with Gasteiger partial charge in [0.1, 0.15) is 0 Å². The Labute approximate surface area is 93.2 Å². The zero-order valence-electron chi connectivity index (χ0n) is 9.98. The van der Waals surface area contributed by atoms with Gasteiger partial charge in [-0.1, -0.05) is 57.2 Å². The lowest BCUT2D eigenvalue weighted by atomic mass is 9.72. The second-order valence-corrected chi connectivity index (χ2v) is 4.61. The zero-order valence-corrected chi connectivity index (χ0v) is 9.98. The first-order valence-electron chi connectivity index (χ1n) is 5.74. The highest BCUT2D eigenvalue weighted by molar-refractivity contribution is 5.19. The van der Waals surface area contributed by atoms with E-state index in [0.717, 1.165) is 6.42 Å². The highest BCUT2D eigenvalue weighted by atomic mass is 16.3. The van der Waals surface area contributed by atoms with Gasteiger partial charge >= 0.3 is 0 Å². The monoisotopic (exact) mass is 206 g/mol. The molecule has 0 aliphatic heterocycles. The maximum absolute atomic E-state index is 9.87. The quantitative estimate of drug-likeness (QED) is 0.554. The van der Waals surface area contributed by atoms with E-state index in [1.807, 2.05) is 12.2 Å². The standard InChI is InChI=1S/C14H22O/c1-5-6-7-8-13-9-14(15)12(4)10(2)11(13)3/h5-7,9-12,14-15H,1,8H2,2-4H3/b7-6+. The Morgan fingerprint density at radius 1 is 1.33 bits per heavy atom. The molecule has 84 valence electrons. The number of allylic oxidation sites excluding steroid dienone is 4. The first kappa shape index (κ1) is 12.3. The smallest absolute Gasteiger partial charge is 0.0752 e. The molecule has 0 aromatic heterocycles. The summed E-state index contributed by atoms with van der Waals surface area (Å²) in [6, 6.07) is 0. The van der Waals surface area contributed by atoms with Gasteiger partial charge in [-0.05, 0) is 24.2 Å². The van der Waals surface area contributed by atoms with Gasteiger partial charge in [0.15, 0.2) is 0 Å². The second-order valence-electron chi connectivity index (χ2n) is 4.61. The molecular weight excluding hydrogens is 184 g/mol. The van der Waals surface area contributed by atoms with Crippen molar-refractivity contribution in [3.05, 3.63) is 36.5 Å². The van der Waals surface area contributed by atoms with E-state index in [1.54, 1.807) is 6.08 Å². The van der Waals surface area contributed by atoms with Crippen molar-refractivity contribution in [2.24, 2.45) is 17.8 Å². The van der Waals surface area contributed by atoms with Crippen LogP contribution in [0.3, 0.4) is 0 Å². The van der Waals surface area contributed by atoms with Crippen LogP contribution in [0, 0.1) is 17.8 Å². The lowest BCUT2D eigenvalue weighted by molar-refractivity contribution is 0.0982. The van der Waals surface area contributed by atoms with E-state index in [9.17, 15) is 5.11 Å². The summed E-state index contributed by atoms with van der Waals surface area (Å²) in [5.41, 5.74) is 1.35. The molecule has 0 amide bonds. The zero-order chi connectivity index (χ0) is 11.4. The minimum atomic E-state index is -0.275. The molecule has 0 aromatic rings. The Bertz CT molecular complexity index is 275. The van der Waals surface area contributed by atoms with Crippen LogP contribution in [0.15, 0.2) is 36.5 Å². The van der Waals surface area contributed by atoms with Gasteiger partial charge in [0.2, 0.25) is 0 Å². The third-order valence-electron chi connectivity index (χ3n) is 3.75. The third kappa shape index (κ3) is 2.82. The number of hydrogen-bond acceptors (Lipinski definition) is 1. The molecule has 4 unspecified atom stereocenters. The average Bonchev–Trinajstić information content (AvgIpc) is 2.23. The lowest BCUT2D eigenvalue weighted by Crippen LogP contribution is -2.32. The largest absolute Gasteiger partial charge is 0.389 e. The van der Waals surface area contributed by atoms with E-state index in [-0.39, 0.29) is 6.10 Å². The fourth-order valence-corrected chi connectivity index (χ4v) is 2.18. The summed E-state index contributed by atoms with van der Waals surface area (Å²) in [4.78, 5) is 0. The summed E-state index contributed by atoms with van der Waals surface area (Å²) in [6.07, 6.45) is 8.54. The summed E-state index contributed by atoms with van der Waals surface area (Å²) in [5, 5.41) is 9.87. The normalized spacial score (nSPS) is 36.7. The summed E-state index contributed by atoms with van der Waals surface area (Å²) in [6.45, 7) is 10.2. The molecule has 1 aliphatic carbocycles. The van der Waals surface area contributed by atoms with Crippen molar-refractivity contribution in [3.63, 3.8) is 0 Å². The molecule has 1 aliphatic rings. The molecule has 0 spiro atoms. The van der Waals surface area contributed by atoms with Crippen LogP contribution in [-0.4, -0.2) is 11.2 Å². The van der Waals surface area contributed by atoms with Crippen molar-refractivity contribution in [3.8, 4) is 0 Å². The number of hydrogen-bond donors (Lipinski definition) is 1. The van der Waals surface area contributed by atoms with Crippen molar-refractivity contribution in [1.82, 2.24) is 0 Å². The van der Waals surface area contributed by atoms with E-state index < -0.39 is 0 Å². The first-order valence-corrected chi connectivity index (χ1v) is 5.74. The van der Waals surface area contributed by atoms with Crippen LogP contribution < -0.4 is 0 Å². The van der Waals surface area contributed by atoms with Crippen molar-refractivity contribution < 1.29 is 5.11 Å². The van der Waals surface area contributed by atoms with E-state index in [0.29, 0.717) is 17.8 Å². The fourth-order valence-electron chi connectivity index (χ4n) is 2.18. The van der Waals surface area contributed by atoms with Gasteiger partial charge in [-0.25, -0.2) is 0 Å². The van der Waals surface area contributed by atoms with E-state index >= 15 is 0 Å². The Kier molecular flexibility index (Phi) is 4.34. The molecule has 0 bridgehead atoms. The molecule has 0 heterocycles. The summed E-state index contributed by atoms with van der Waals surface area (Å²) < 4.78 is 0. The van der Waals surface area contributed by atoms with Gasteiger partial charge in [-0.2, -0.15) is 0 Å². The van der Waals surface area contributed by atoms with Gasteiger partial charge in [-0.15, -0.1) is 0 Å². The Morgan fingerprint density at radius 3 is 2.60 bits per heavy atom. The Morgan fingerprint density at radius 2 is 2.00 bits per heavy atom. The Balaban J connectivity index is 2.74. The van der Waals surface area contributed by atoms with Gasteiger partial charge in [0.05, 0.1) is 6.10 Å². The van der Waals surface area contributed by atoms with Crippen LogP contribution in [0.2, 0.25) is 0 Å². The van der Waals surface area contributed by atoms with Gasteiger partial charge in [0, 0.05) is 0 Å². The lowest BCUT2D eigenvalue weighted by Gasteiger charge is -2.35. The first-order chi connectivity index (χ1) is 7.07. The molecule has 1 heteroatoms. The number of aliphatic hydroxyl groups excluding tert-OH is 1. The third-order valence-corrected chi connectivity index (χ3v) is 3.75. The number of rotatable bonds is 3. The highest BCUT2D eigenvalue weighted by Gasteiger charge is 2.30. The molecule has 1 rings (SSSR count). The van der Waals surface area contributed by atoms with E-state index in [1.165, 1.54) is 5.57 Å².